The number of aryl methyl sites for hydroxylation is 2. The molecule has 0 aliphatic rings. The van der Waals surface area contributed by atoms with E-state index in [1.807, 2.05) is 39.8 Å². The number of ether oxygens (including phenoxy) is 1. The normalized spacial score (nSPS) is 13.2. The molecule has 15 heavy (non-hydrogen) atoms. The Hall–Kier alpha value is -0.860. The van der Waals surface area contributed by atoms with Crippen molar-refractivity contribution < 1.29 is 9.84 Å². The van der Waals surface area contributed by atoms with Crippen LogP contribution >= 0.6 is 0 Å². The molecule has 2 heteroatoms. The molecule has 1 N–H and O–H groups in total. The van der Waals surface area contributed by atoms with Crippen molar-refractivity contribution in [2.45, 2.75) is 39.9 Å². The summed E-state index contributed by atoms with van der Waals surface area (Å²) in [6.07, 6.45) is -0.363. The molecule has 0 fully saturated rings. The topological polar surface area (TPSA) is 29.5 Å². The molecule has 0 bridgehead atoms. The quantitative estimate of drug-likeness (QED) is 0.824. The second-order valence-electron chi connectivity index (χ2n) is 4.26. The average Bonchev–Trinajstić information content (AvgIpc) is 2.14. The maximum Gasteiger partial charge on any atom is 0.103 e. The summed E-state index contributed by atoms with van der Waals surface area (Å²) in [4.78, 5) is 0. The summed E-state index contributed by atoms with van der Waals surface area (Å²) < 4.78 is 5.39. The molecule has 1 aromatic rings. The van der Waals surface area contributed by atoms with Crippen molar-refractivity contribution in [1.29, 1.82) is 0 Å². The highest BCUT2D eigenvalue weighted by molar-refractivity contribution is 5.31. The van der Waals surface area contributed by atoms with Crippen LogP contribution in [0.4, 0.5) is 0 Å². The van der Waals surface area contributed by atoms with Crippen LogP contribution in [0.2, 0.25) is 0 Å². The zero-order valence-corrected chi connectivity index (χ0v) is 9.95. The average molecular weight is 208 g/mol. The first-order valence-electron chi connectivity index (χ1n) is 5.37. The van der Waals surface area contributed by atoms with Crippen molar-refractivity contribution >= 4 is 0 Å². The third-order valence-corrected chi connectivity index (χ3v) is 2.37. The monoisotopic (exact) mass is 208 g/mol. The summed E-state index contributed by atoms with van der Waals surface area (Å²) in [5.74, 6) is 0. The predicted octanol–water partition coefficient (Wildman–Crippen LogP) is 2.76. The third kappa shape index (κ3) is 3.65. The molecule has 0 saturated heterocycles. The van der Waals surface area contributed by atoms with Crippen LogP contribution in [0.3, 0.4) is 0 Å². The van der Waals surface area contributed by atoms with E-state index in [9.17, 15) is 5.11 Å². The fraction of sp³-hybridized carbons (Fsp3) is 0.538. The van der Waals surface area contributed by atoms with Crippen molar-refractivity contribution in [2.75, 3.05) is 6.61 Å². The molecule has 1 aromatic carbocycles. The van der Waals surface area contributed by atoms with Crippen LogP contribution in [-0.2, 0) is 4.74 Å². The minimum atomic E-state index is -0.520. The van der Waals surface area contributed by atoms with Gasteiger partial charge in [-0.15, -0.1) is 0 Å². The molecule has 0 amide bonds. The van der Waals surface area contributed by atoms with E-state index in [1.165, 1.54) is 5.56 Å². The zero-order chi connectivity index (χ0) is 11.4. The van der Waals surface area contributed by atoms with E-state index in [4.69, 9.17) is 4.74 Å². The Morgan fingerprint density at radius 2 is 1.93 bits per heavy atom. The molecule has 1 rings (SSSR count). The van der Waals surface area contributed by atoms with Gasteiger partial charge in [0, 0.05) is 0 Å². The van der Waals surface area contributed by atoms with E-state index in [2.05, 4.69) is 6.07 Å². The summed E-state index contributed by atoms with van der Waals surface area (Å²) in [6.45, 7) is 8.36. The van der Waals surface area contributed by atoms with Gasteiger partial charge in [0.05, 0.1) is 12.7 Å². The van der Waals surface area contributed by atoms with Gasteiger partial charge in [-0.2, -0.15) is 0 Å². The first-order valence-corrected chi connectivity index (χ1v) is 5.37. The van der Waals surface area contributed by atoms with Crippen LogP contribution in [0, 0.1) is 13.8 Å². The third-order valence-electron chi connectivity index (χ3n) is 2.37. The van der Waals surface area contributed by atoms with Crippen LogP contribution in [0.15, 0.2) is 18.2 Å². The second-order valence-corrected chi connectivity index (χ2v) is 4.26. The number of hydrogen-bond acceptors (Lipinski definition) is 2. The Morgan fingerprint density at radius 3 is 2.47 bits per heavy atom. The maximum atomic E-state index is 9.92. The highest BCUT2D eigenvalue weighted by Gasteiger charge is 2.11. The lowest BCUT2D eigenvalue weighted by atomic mass is 10.0. The zero-order valence-electron chi connectivity index (χ0n) is 9.95. The Kier molecular flexibility index (Phi) is 4.30. The van der Waals surface area contributed by atoms with Gasteiger partial charge >= 0.3 is 0 Å². The van der Waals surface area contributed by atoms with Gasteiger partial charge in [0.25, 0.3) is 0 Å². The van der Waals surface area contributed by atoms with E-state index >= 15 is 0 Å². The minimum Gasteiger partial charge on any atom is -0.386 e. The van der Waals surface area contributed by atoms with Crippen molar-refractivity contribution in [3.63, 3.8) is 0 Å². The maximum absolute atomic E-state index is 9.92. The largest absolute Gasteiger partial charge is 0.386 e. The van der Waals surface area contributed by atoms with Crippen LogP contribution < -0.4 is 0 Å². The molecule has 0 radical (unpaired) electrons. The molecule has 0 aromatic heterocycles. The lowest BCUT2D eigenvalue weighted by Gasteiger charge is -2.16. The number of hydrogen-bond donors (Lipinski definition) is 1. The first-order chi connectivity index (χ1) is 7.00. The van der Waals surface area contributed by atoms with Gasteiger partial charge in [0.1, 0.15) is 6.10 Å². The lowest BCUT2D eigenvalue weighted by Crippen LogP contribution is -2.12. The summed E-state index contributed by atoms with van der Waals surface area (Å²) in [6, 6.07) is 6.06. The fourth-order valence-corrected chi connectivity index (χ4v) is 1.57. The molecule has 1 atom stereocenters. The van der Waals surface area contributed by atoms with Crippen LogP contribution in [0.25, 0.3) is 0 Å². The number of aliphatic hydroxyl groups is 1. The molecule has 0 heterocycles. The Morgan fingerprint density at radius 1 is 1.27 bits per heavy atom. The van der Waals surface area contributed by atoms with Gasteiger partial charge < -0.3 is 9.84 Å². The van der Waals surface area contributed by atoms with Crippen LogP contribution in [0.1, 0.15) is 36.6 Å². The molecule has 0 aliphatic carbocycles. The number of aliphatic hydroxyl groups excluding tert-OH is 1. The molecule has 84 valence electrons. The first kappa shape index (κ1) is 12.2. The number of benzene rings is 1. The molecular weight excluding hydrogens is 188 g/mol. The SMILES string of the molecule is Cc1ccc(C(O)COC(C)C)c(C)c1. The van der Waals surface area contributed by atoms with E-state index in [0.29, 0.717) is 6.61 Å². The molecule has 2 nitrogen and oxygen atoms in total. The highest BCUT2D eigenvalue weighted by atomic mass is 16.5. The molecule has 1 unspecified atom stereocenters. The van der Waals surface area contributed by atoms with E-state index < -0.39 is 6.10 Å². The van der Waals surface area contributed by atoms with Gasteiger partial charge in [-0.05, 0) is 38.8 Å². The van der Waals surface area contributed by atoms with E-state index in [1.54, 1.807) is 0 Å². The lowest BCUT2D eigenvalue weighted by molar-refractivity contribution is 0.00469. The van der Waals surface area contributed by atoms with Crippen molar-refractivity contribution in [3.8, 4) is 0 Å². The molecule has 0 saturated carbocycles. The van der Waals surface area contributed by atoms with Crippen molar-refractivity contribution in [3.05, 3.63) is 34.9 Å². The number of rotatable bonds is 4. The predicted molar refractivity (Wildman–Crippen MR) is 62.0 cm³/mol. The van der Waals surface area contributed by atoms with Crippen molar-refractivity contribution in [1.82, 2.24) is 0 Å². The molecule has 0 aliphatic heterocycles. The van der Waals surface area contributed by atoms with Gasteiger partial charge in [0.2, 0.25) is 0 Å². The molecule has 0 spiro atoms. The van der Waals surface area contributed by atoms with Gasteiger partial charge in [-0.25, -0.2) is 0 Å². The summed E-state index contributed by atoms with van der Waals surface area (Å²) in [5.41, 5.74) is 3.30. The summed E-state index contributed by atoms with van der Waals surface area (Å²) in [7, 11) is 0. The van der Waals surface area contributed by atoms with Gasteiger partial charge in [-0.3, -0.25) is 0 Å². The van der Waals surface area contributed by atoms with Crippen molar-refractivity contribution in [2.24, 2.45) is 0 Å². The smallest absolute Gasteiger partial charge is 0.103 e. The minimum absolute atomic E-state index is 0.158. The second kappa shape index (κ2) is 5.29. The molecular formula is C13H20O2. The summed E-state index contributed by atoms with van der Waals surface area (Å²) >= 11 is 0. The summed E-state index contributed by atoms with van der Waals surface area (Å²) in [5, 5.41) is 9.92. The Bertz CT molecular complexity index is 318. The van der Waals surface area contributed by atoms with Crippen LogP contribution in [0.5, 0.6) is 0 Å². The van der Waals surface area contributed by atoms with Crippen LogP contribution in [-0.4, -0.2) is 17.8 Å². The van der Waals surface area contributed by atoms with Gasteiger partial charge in [-0.1, -0.05) is 23.8 Å². The standard InChI is InChI=1S/C13H20O2/c1-9(2)15-8-13(14)12-6-5-10(3)7-11(12)4/h5-7,9,13-14H,8H2,1-4H3. The highest BCUT2D eigenvalue weighted by Crippen LogP contribution is 2.19. The fourth-order valence-electron chi connectivity index (χ4n) is 1.57. The van der Waals surface area contributed by atoms with E-state index in [-0.39, 0.29) is 6.10 Å². The Labute approximate surface area is 91.9 Å². The Balaban J connectivity index is 2.69. The van der Waals surface area contributed by atoms with Gasteiger partial charge in [0.15, 0.2) is 0 Å². The van der Waals surface area contributed by atoms with E-state index in [0.717, 1.165) is 11.1 Å².